The molecule has 88 valence electrons. The third kappa shape index (κ3) is 2.88. The Morgan fingerprint density at radius 2 is 2.00 bits per heavy atom. The van der Waals surface area contributed by atoms with Crippen molar-refractivity contribution >= 4 is 0 Å². The molecule has 2 rings (SSSR count). The quantitative estimate of drug-likeness (QED) is 0.870. The molecule has 1 atom stereocenters. The third-order valence-electron chi connectivity index (χ3n) is 3.04. The summed E-state index contributed by atoms with van der Waals surface area (Å²) < 4.78 is 0. The lowest BCUT2D eigenvalue weighted by Gasteiger charge is -2.17. The first-order chi connectivity index (χ1) is 8.31. The van der Waals surface area contributed by atoms with Crippen LogP contribution in [-0.4, -0.2) is 17.2 Å². The average molecular weight is 227 g/mol. The number of aromatic nitrogens is 2. The summed E-state index contributed by atoms with van der Waals surface area (Å²) in [7, 11) is 1.98. The fraction of sp³-hybridized carbons (Fsp3) is 0.286. The Bertz CT molecular complexity index is 468. The topological polar surface area (TPSA) is 37.8 Å². The molecule has 1 unspecified atom stereocenters. The van der Waals surface area contributed by atoms with E-state index in [2.05, 4.69) is 46.7 Å². The Labute approximate surface area is 102 Å². The first kappa shape index (κ1) is 11.7. The summed E-state index contributed by atoms with van der Waals surface area (Å²) in [6, 6.07) is 10.8. The lowest BCUT2D eigenvalue weighted by atomic mass is 9.97. The minimum Gasteiger partial charge on any atom is -0.313 e. The van der Waals surface area contributed by atoms with Gasteiger partial charge in [0.1, 0.15) is 0 Å². The van der Waals surface area contributed by atoms with Gasteiger partial charge in [0.15, 0.2) is 0 Å². The maximum atomic E-state index is 3.93. The molecule has 0 saturated heterocycles. The van der Waals surface area contributed by atoms with E-state index in [9.17, 15) is 0 Å². The van der Waals surface area contributed by atoms with Crippen LogP contribution in [0.4, 0.5) is 0 Å². The zero-order valence-corrected chi connectivity index (χ0v) is 10.2. The molecule has 0 bridgehead atoms. The van der Waals surface area contributed by atoms with Gasteiger partial charge in [0.25, 0.3) is 0 Å². The van der Waals surface area contributed by atoms with E-state index in [0.717, 1.165) is 6.42 Å². The molecule has 1 N–H and O–H groups in total. The van der Waals surface area contributed by atoms with E-state index in [0.29, 0.717) is 0 Å². The monoisotopic (exact) mass is 227 g/mol. The molecule has 1 aromatic heterocycles. The van der Waals surface area contributed by atoms with Crippen molar-refractivity contribution in [1.82, 2.24) is 15.5 Å². The van der Waals surface area contributed by atoms with E-state index in [1.807, 2.05) is 19.3 Å². The van der Waals surface area contributed by atoms with Gasteiger partial charge in [-0.25, -0.2) is 0 Å². The highest BCUT2D eigenvalue weighted by atomic mass is 15.1. The standard InChI is InChI=1S/C14H17N3/c1-11-5-3-4-6-12(11)9-14(15-2)13-7-8-16-17-10-13/h3-8,10,14-15H,9H2,1-2H3. The normalized spacial score (nSPS) is 12.4. The number of rotatable bonds is 4. The van der Waals surface area contributed by atoms with E-state index >= 15 is 0 Å². The molecule has 2 aromatic rings. The van der Waals surface area contributed by atoms with Gasteiger partial charge in [-0.3, -0.25) is 0 Å². The number of aryl methyl sites for hydroxylation is 1. The second-order valence-electron chi connectivity index (χ2n) is 4.15. The van der Waals surface area contributed by atoms with Crippen LogP contribution in [-0.2, 0) is 6.42 Å². The first-order valence-corrected chi connectivity index (χ1v) is 5.79. The van der Waals surface area contributed by atoms with Crippen LogP contribution < -0.4 is 5.32 Å². The summed E-state index contributed by atoms with van der Waals surface area (Å²) in [5.41, 5.74) is 3.86. The molecule has 0 radical (unpaired) electrons. The number of nitrogens with zero attached hydrogens (tertiary/aromatic N) is 2. The van der Waals surface area contributed by atoms with Crippen LogP contribution in [0.1, 0.15) is 22.7 Å². The highest BCUT2D eigenvalue weighted by Crippen LogP contribution is 2.18. The molecule has 17 heavy (non-hydrogen) atoms. The van der Waals surface area contributed by atoms with Crippen molar-refractivity contribution in [3.8, 4) is 0 Å². The molecular formula is C14H17N3. The molecule has 3 heteroatoms. The van der Waals surface area contributed by atoms with E-state index in [-0.39, 0.29) is 6.04 Å². The van der Waals surface area contributed by atoms with Gasteiger partial charge in [-0.05, 0) is 43.1 Å². The second-order valence-corrected chi connectivity index (χ2v) is 4.15. The van der Waals surface area contributed by atoms with Crippen LogP contribution in [0.15, 0.2) is 42.7 Å². The molecule has 3 nitrogen and oxygen atoms in total. The lowest BCUT2D eigenvalue weighted by molar-refractivity contribution is 0.586. The van der Waals surface area contributed by atoms with Crippen molar-refractivity contribution in [2.75, 3.05) is 7.05 Å². The highest BCUT2D eigenvalue weighted by Gasteiger charge is 2.11. The highest BCUT2D eigenvalue weighted by molar-refractivity contribution is 5.28. The van der Waals surface area contributed by atoms with Crippen molar-refractivity contribution in [2.24, 2.45) is 0 Å². The first-order valence-electron chi connectivity index (χ1n) is 5.79. The number of likely N-dealkylation sites (N-methyl/N-ethyl adjacent to an activating group) is 1. The fourth-order valence-corrected chi connectivity index (χ4v) is 1.95. The Morgan fingerprint density at radius 1 is 1.18 bits per heavy atom. The molecule has 1 aromatic carbocycles. The van der Waals surface area contributed by atoms with Crippen molar-refractivity contribution in [3.05, 3.63) is 59.4 Å². The molecule has 0 amide bonds. The smallest absolute Gasteiger partial charge is 0.0544 e. The van der Waals surface area contributed by atoms with E-state index in [1.165, 1.54) is 16.7 Å². The average Bonchev–Trinajstić information content (AvgIpc) is 2.39. The van der Waals surface area contributed by atoms with Crippen molar-refractivity contribution in [1.29, 1.82) is 0 Å². The van der Waals surface area contributed by atoms with Gasteiger partial charge in [-0.2, -0.15) is 10.2 Å². The molecule has 0 fully saturated rings. The minimum atomic E-state index is 0.284. The number of hydrogen-bond donors (Lipinski definition) is 1. The van der Waals surface area contributed by atoms with E-state index in [4.69, 9.17) is 0 Å². The number of nitrogens with one attached hydrogen (secondary N) is 1. The molecule has 0 aliphatic rings. The van der Waals surface area contributed by atoms with Crippen molar-refractivity contribution < 1.29 is 0 Å². The summed E-state index contributed by atoms with van der Waals surface area (Å²) in [5, 5.41) is 11.1. The summed E-state index contributed by atoms with van der Waals surface area (Å²) in [6.07, 6.45) is 4.52. The van der Waals surface area contributed by atoms with Crippen LogP contribution in [0.5, 0.6) is 0 Å². The second kappa shape index (κ2) is 5.55. The van der Waals surface area contributed by atoms with Crippen molar-refractivity contribution in [3.63, 3.8) is 0 Å². The zero-order chi connectivity index (χ0) is 12.1. The minimum absolute atomic E-state index is 0.284. The van der Waals surface area contributed by atoms with Crippen LogP contribution in [0.2, 0.25) is 0 Å². The maximum Gasteiger partial charge on any atom is 0.0544 e. The van der Waals surface area contributed by atoms with Crippen LogP contribution >= 0.6 is 0 Å². The van der Waals surface area contributed by atoms with Gasteiger partial charge in [0.05, 0.1) is 6.20 Å². The molecule has 0 aliphatic heterocycles. The fourth-order valence-electron chi connectivity index (χ4n) is 1.95. The Hall–Kier alpha value is -1.74. The van der Waals surface area contributed by atoms with Crippen molar-refractivity contribution in [2.45, 2.75) is 19.4 Å². The van der Waals surface area contributed by atoms with Gasteiger partial charge in [-0.15, -0.1) is 0 Å². The molecule has 0 aliphatic carbocycles. The predicted molar refractivity (Wildman–Crippen MR) is 68.7 cm³/mol. The molecular weight excluding hydrogens is 210 g/mol. The predicted octanol–water partition coefficient (Wildman–Crippen LogP) is 2.29. The van der Waals surface area contributed by atoms with Gasteiger partial charge in [0, 0.05) is 12.2 Å². The Balaban J connectivity index is 2.19. The largest absolute Gasteiger partial charge is 0.313 e. The van der Waals surface area contributed by atoms with Gasteiger partial charge in [-0.1, -0.05) is 24.3 Å². The third-order valence-corrected chi connectivity index (χ3v) is 3.04. The lowest BCUT2D eigenvalue weighted by Crippen LogP contribution is -2.19. The summed E-state index contributed by atoms with van der Waals surface area (Å²) in [6.45, 7) is 2.15. The van der Waals surface area contributed by atoms with Gasteiger partial charge < -0.3 is 5.32 Å². The zero-order valence-electron chi connectivity index (χ0n) is 10.2. The SMILES string of the molecule is CNC(Cc1ccccc1C)c1ccnnc1. The maximum absolute atomic E-state index is 3.93. The number of benzene rings is 1. The summed E-state index contributed by atoms with van der Waals surface area (Å²) >= 11 is 0. The van der Waals surface area contributed by atoms with Crippen LogP contribution in [0, 0.1) is 6.92 Å². The van der Waals surface area contributed by atoms with Gasteiger partial charge in [0.2, 0.25) is 0 Å². The summed E-state index contributed by atoms with van der Waals surface area (Å²) in [4.78, 5) is 0. The van der Waals surface area contributed by atoms with Gasteiger partial charge >= 0.3 is 0 Å². The van der Waals surface area contributed by atoms with Crippen LogP contribution in [0.3, 0.4) is 0 Å². The van der Waals surface area contributed by atoms with E-state index < -0.39 is 0 Å². The van der Waals surface area contributed by atoms with E-state index in [1.54, 1.807) is 6.20 Å². The molecule has 1 heterocycles. The summed E-state index contributed by atoms with van der Waals surface area (Å²) in [5.74, 6) is 0. The number of hydrogen-bond acceptors (Lipinski definition) is 3. The van der Waals surface area contributed by atoms with Crippen LogP contribution in [0.25, 0.3) is 0 Å². The molecule has 0 saturated carbocycles. The Morgan fingerprint density at radius 3 is 2.65 bits per heavy atom. The molecule has 0 spiro atoms. The Kier molecular flexibility index (Phi) is 3.83.